The van der Waals surface area contributed by atoms with E-state index in [4.69, 9.17) is 0 Å². The summed E-state index contributed by atoms with van der Waals surface area (Å²) in [6, 6.07) is 0. The molecule has 0 rings (SSSR count). The third-order valence-corrected chi connectivity index (χ3v) is 0. The molecule has 7 heavy (non-hydrogen) atoms. The van der Waals surface area contributed by atoms with Crippen molar-refractivity contribution >= 4 is 59.2 Å². The van der Waals surface area contributed by atoms with E-state index in [0.717, 1.165) is 0 Å². The summed E-state index contributed by atoms with van der Waals surface area (Å²) in [5, 5.41) is 0. The van der Waals surface area contributed by atoms with Gasteiger partial charge < -0.3 is 0 Å². The first-order valence-electron chi connectivity index (χ1n) is 1.01. The summed E-state index contributed by atoms with van der Waals surface area (Å²) in [5.74, 6) is 0. The maximum atomic E-state index is 12.0. The van der Waals surface area contributed by atoms with Gasteiger partial charge in [-0.15, -0.1) is 0 Å². The van der Waals surface area contributed by atoms with Gasteiger partial charge in [0.25, 0.3) is 0 Å². The van der Waals surface area contributed by atoms with Gasteiger partial charge in [0.15, 0.2) is 0 Å². The first-order chi connectivity index (χ1) is 2.45. The van der Waals surface area contributed by atoms with E-state index >= 15 is 0 Å². The Morgan fingerprint density at radius 2 is 0.857 bits per heavy atom. The van der Waals surface area contributed by atoms with Crippen LogP contribution in [0.15, 0.2) is 0 Å². The summed E-state index contributed by atoms with van der Waals surface area (Å²) in [4.78, 5) is 0. The predicted molar refractivity (Wildman–Crippen MR) is 37.3 cm³/mol. The predicted octanol–water partition coefficient (Wildman–Crippen LogP) is 4.73. The van der Waals surface area contributed by atoms with E-state index in [1.807, 2.05) is 0 Å². The Kier molecular flexibility index (Phi) is 1.61. The molecule has 0 saturated carbocycles. The first-order valence-corrected chi connectivity index (χ1v) is 8.11. The molecule has 0 spiro atoms. The van der Waals surface area contributed by atoms with Crippen molar-refractivity contribution in [3.05, 3.63) is 0 Å². The van der Waals surface area contributed by atoms with Crippen LogP contribution in [-0.2, 0) is 0 Å². The average molecular weight is 227 g/mol. The Balaban J connectivity index is 4.43. The van der Waals surface area contributed by atoms with Crippen LogP contribution < -0.4 is 0 Å². The Hall–Kier alpha value is 1.81. The zero-order valence-corrected chi connectivity index (χ0v) is 7.39. The van der Waals surface area contributed by atoms with Gasteiger partial charge in [-0.2, -0.15) is 0 Å². The fraction of sp³-hybridized carbons (Fsp3) is 0. The van der Waals surface area contributed by atoms with Gasteiger partial charge in [-0.1, -0.05) is 0 Å². The molecule has 0 radical (unpaired) electrons. The van der Waals surface area contributed by atoms with E-state index in [-0.39, 0.29) is 0 Å². The van der Waals surface area contributed by atoms with Crippen molar-refractivity contribution in [2.24, 2.45) is 0 Å². The second kappa shape index (κ2) is 1.28. The van der Waals surface area contributed by atoms with Gasteiger partial charge in [0.2, 0.25) is 0 Å². The van der Waals surface area contributed by atoms with E-state index in [2.05, 4.69) is 56.2 Å². The van der Waals surface area contributed by atoms with Crippen LogP contribution in [0.5, 0.6) is 0 Å². The Labute approximate surface area is 63.4 Å². The molecule has 0 saturated heterocycles. The summed E-state index contributed by atoms with van der Waals surface area (Å²) in [6.45, 7) is 0. The molecule has 0 amide bonds. The second-order valence-electron chi connectivity index (χ2n) is 0.958. The van der Waals surface area contributed by atoms with Gasteiger partial charge in [-0.05, 0) is 0 Å². The van der Waals surface area contributed by atoms with Crippen molar-refractivity contribution in [2.75, 3.05) is 0 Å². The van der Waals surface area contributed by atoms with Crippen LogP contribution >= 0.6 is 59.2 Å². The van der Waals surface area contributed by atoms with Crippen LogP contribution in [0.4, 0.5) is 4.20 Å². The van der Waals surface area contributed by atoms with E-state index in [9.17, 15) is 4.20 Å². The van der Waals surface area contributed by atoms with Crippen molar-refractivity contribution in [3.63, 3.8) is 0 Å². The summed E-state index contributed by atoms with van der Waals surface area (Å²) in [6.07, 6.45) is 0. The molecular formula is Cl5FP-. The molecule has 0 aromatic carbocycles. The number of halogens is 6. The minimum absolute atomic E-state index is 4.57. The second-order valence-corrected chi connectivity index (χ2v) is 20.1. The summed E-state index contributed by atoms with van der Waals surface area (Å²) in [5.41, 5.74) is 0. The third kappa shape index (κ3) is 80.5. The van der Waals surface area contributed by atoms with E-state index < -0.39 is 3.02 Å². The van der Waals surface area contributed by atoms with Gasteiger partial charge >= 0.3 is 63.4 Å². The zero-order chi connectivity index (χ0) is 6.41. The van der Waals surface area contributed by atoms with Gasteiger partial charge in [0, 0.05) is 0 Å². The zero-order valence-electron chi connectivity index (χ0n) is 2.72. The number of hydrogen-bond donors (Lipinski definition) is 0. The van der Waals surface area contributed by atoms with Crippen LogP contribution in [-0.4, -0.2) is 0 Å². The fourth-order valence-electron chi connectivity index (χ4n) is 0. The van der Waals surface area contributed by atoms with E-state index in [1.165, 1.54) is 0 Å². The standard InChI is InChI=1S/Cl5FP/c1-7(2,3,4,5)6/q-1. The van der Waals surface area contributed by atoms with Crippen LogP contribution in [0.1, 0.15) is 0 Å². The normalized spacial score (nSPS) is 23.1. The van der Waals surface area contributed by atoms with E-state index in [0.29, 0.717) is 0 Å². The monoisotopic (exact) mass is 225 g/mol. The average Bonchev–Trinajstić information content (AvgIpc) is 0.592. The van der Waals surface area contributed by atoms with Crippen molar-refractivity contribution in [1.29, 1.82) is 0 Å². The minimum atomic E-state index is -5.80. The van der Waals surface area contributed by atoms with E-state index in [1.54, 1.807) is 0 Å². The van der Waals surface area contributed by atoms with Crippen LogP contribution in [0.25, 0.3) is 0 Å². The molecule has 0 aliphatic carbocycles. The Morgan fingerprint density at radius 3 is 0.857 bits per heavy atom. The number of rotatable bonds is 0. The molecule has 48 valence electrons. The van der Waals surface area contributed by atoms with Crippen molar-refractivity contribution in [3.8, 4) is 0 Å². The van der Waals surface area contributed by atoms with Gasteiger partial charge in [0.05, 0.1) is 0 Å². The SMILES string of the molecule is F[P-](Cl)(Cl)(Cl)(Cl)Cl. The van der Waals surface area contributed by atoms with Gasteiger partial charge in [-0.3, -0.25) is 0 Å². The Morgan fingerprint density at radius 1 is 0.857 bits per heavy atom. The van der Waals surface area contributed by atoms with Gasteiger partial charge in [-0.25, -0.2) is 0 Å². The van der Waals surface area contributed by atoms with Crippen molar-refractivity contribution < 1.29 is 4.20 Å². The van der Waals surface area contributed by atoms with Crippen LogP contribution in [0.3, 0.4) is 0 Å². The third-order valence-electron chi connectivity index (χ3n) is 0. The summed E-state index contributed by atoms with van der Waals surface area (Å²) in [7, 11) is 0. The van der Waals surface area contributed by atoms with Crippen molar-refractivity contribution in [1.82, 2.24) is 0 Å². The molecule has 0 N–H and O–H groups in total. The summed E-state index contributed by atoms with van der Waals surface area (Å²) < 4.78 is 6.23. The molecule has 0 heterocycles. The first kappa shape index (κ1) is 8.81. The maximum absolute atomic E-state index is 12.0. The topological polar surface area (TPSA) is 0 Å². The molecule has 0 aromatic heterocycles. The molecule has 0 atom stereocenters. The Bertz CT molecular complexity index is 66.6. The number of hydrogen-bond acceptors (Lipinski definition) is 0. The fourth-order valence-corrected chi connectivity index (χ4v) is 0. The molecule has 0 unspecified atom stereocenters. The molecule has 0 nitrogen and oxygen atoms in total. The molecule has 0 aliphatic rings. The molecular weight excluding hydrogens is 227 g/mol. The molecule has 7 heteroatoms. The molecule has 0 aliphatic heterocycles. The summed E-state index contributed by atoms with van der Waals surface area (Å²) >= 11 is 22.9. The molecule has 0 aromatic rings. The molecule has 0 bridgehead atoms. The van der Waals surface area contributed by atoms with Crippen LogP contribution in [0, 0.1) is 0 Å². The quantitative estimate of drug-likeness (QED) is 0.525. The van der Waals surface area contributed by atoms with Crippen LogP contribution in [0.2, 0.25) is 0 Å². The van der Waals surface area contributed by atoms with Crippen molar-refractivity contribution in [2.45, 2.75) is 0 Å². The molecule has 0 fully saturated rings. The van der Waals surface area contributed by atoms with Gasteiger partial charge in [0.1, 0.15) is 0 Å².